The number of halogens is 2. The fraction of sp³-hybridized carbons (Fsp3) is 0.278. The van der Waals surface area contributed by atoms with Gasteiger partial charge in [0.1, 0.15) is 0 Å². The zero-order valence-corrected chi connectivity index (χ0v) is 16.5. The van der Waals surface area contributed by atoms with E-state index in [1.54, 1.807) is 32.4 Å². The standard InChI is InChI=1S/C18H19Cl2NO3S/c1-11-6-16(23-2)17(24-3)7-12(11)9-25-10-18(22)21-15-8-13(19)4-5-14(15)20/h4-8H,9-10H2,1-3H3,(H,21,22). The number of benzene rings is 2. The molecule has 134 valence electrons. The fourth-order valence-corrected chi connectivity index (χ4v) is 3.44. The molecule has 0 heterocycles. The van der Waals surface area contributed by atoms with Crippen LogP contribution < -0.4 is 14.8 Å². The number of carbonyl (C=O) groups is 1. The molecule has 0 saturated carbocycles. The van der Waals surface area contributed by atoms with Gasteiger partial charge in [-0.25, -0.2) is 0 Å². The van der Waals surface area contributed by atoms with E-state index in [1.165, 1.54) is 11.8 Å². The average Bonchev–Trinajstić information content (AvgIpc) is 2.59. The second kappa shape index (κ2) is 9.22. The summed E-state index contributed by atoms with van der Waals surface area (Å²) in [5.41, 5.74) is 2.70. The summed E-state index contributed by atoms with van der Waals surface area (Å²) in [6.45, 7) is 2.00. The molecule has 0 unspecified atom stereocenters. The van der Waals surface area contributed by atoms with E-state index in [-0.39, 0.29) is 5.91 Å². The molecule has 4 nitrogen and oxygen atoms in total. The van der Waals surface area contributed by atoms with E-state index in [4.69, 9.17) is 32.7 Å². The van der Waals surface area contributed by atoms with Crippen LogP contribution in [0.1, 0.15) is 11.1 Å². The van der Waals surface area contributed by atoms with Gasteiger partial charge in [0.05, 0.1) is 30.7 Å². The number of methoxy groups -OCH3 is 2. The Morgan fingerprint density at radius 3 is 2.48 bits per heavy atom. The molecule has 7 heteroatoms. The van der Waals surface area contributed by atoms with Gasteiger partial charge in [-0.3, -0.25) is 4.79 Å². The summed E-state index contributed by atoms with van der Waals surface area (Å²) < 4.78 is 10.6. The second-order valence-electron chi connectivity index (χ2n) is 5.30. The molecular formula is C18H19Cl2NO3S. The van der Waals surface area contributed by atoms with Gasteiger partial charge in [-0.2, -0.15) is 0 Å². The number of hydrogen-bond acceptors (Lipinski definition) is 4. The molecule has 0 aliphatic carbocycles. The monoisotopic (exact) mass is 399 g/mol. The van der Waals surface area contributed by atoms with Gasteiger partial charge >= 0.3 is 0 Å². The number of nitrogens with one attached hydrogen (secondary N) is 1. The molecule has 1 N–H and O–H groups in total. The zero-order valence-electron chi connectivity index (χ0n) is 14.2. The summed E-state index contributed by atoms with van der Waals surface area (Å²) in [5.74, 6) is 2.23. The molecule has 0 saturated heterocycles. The topological polar surface area (TPSA) is 47.6 Å². The van der Waals surface area contributed by atoms with Crippen LogP contribution >= 0.6 is 35.0 Å². The van der Waals surface area contributed by atoms with Crippen molar-refractivity contribution in [2.75, 3.05) is 25.3 Å². The molecule has 2 aromatic rings. The summed E-state index contributed by atoms with van der Waals surface area (Å²) in [7, 11) is 3.21. The van der Waals surface area contributed by atoms with Gasteiger partial charge in [0.15, 0.2) is 11.5 Å². The maximum Gasteiger partial charge on any atom is 0.234 e. The Kier molecular flexibility index (Phi) is 7.29. The van der Waals surface area contributed by atoms with Gasteiger partial charge in [0, 0.05) is 10.8 Å². The van der Waals surface area contributed by atoms with E-state index < -0.39 is 0 Å². The summed E-state index contributed by atoms with van der Waals surface area (Å²) in [6.07, 6.45) is 0. The van der Waals surface area contributed by atoms with Crippen LogP contribution in [0.3, 0.4) is 0 Å². The molecule has 2 rings (SSSR count). The predicted molar refractivity (Wildman–Crippen MR) is 106 cm³/mol. The van der Waals surface area contributed by atoms with Gasteiger partial charge < -0.3 is 14.8 Å². The molecule has 2 aromatic carbocycles. The van der Waals surface area contributed by atoms with Crippen LogP contribution in [-0.2, 0) is 10.5 Å². The third kappa shape index (κ3) is 5.46. The zero-order chi connectivity index (χ0) is 18.4. The van der Waals surface area contributed by atoms with Crippen molar-refractivity contribution in [3.05, 3.63) is 51.5 Å². The van der Waals surface area contributed by atoms with E-state index in [0.29, 0.717) is 38.7 Å². The molecule has 0 bridgehead atoms. The molecule has 0 radical (unpaired) electrons. The lowest BCUT2D eigenvalue weighted by molar-refractivity contribution is -0.113. The SMILES string of the molecule is COc1cc(C)c(CSCC(=O)Nc2cc(Cl)ccc2Cl)cc1OC. The second-order valence-corrected chi connectivity index (χ2v) is 7.13. The van der Waals surface area contributed by atoms with Crippen LogP contribution in [0.25, 0.3) is 0 Å². The van der Waals surface area contributed by atoms with E-state index in [2.05, 4.69) is 5.32 Å². The van der Waals surface area contributed by atoms with Crippen LogP contribution in [0.2, 0.25) is 10.0 Å². The van der Waals surface area contributed by atoms with E-state index >= 15 is 0 Å². The lowest BCUT2D eigenvalue weighted by Gasteiger charge is -2.13. The molecule has 1 amide bonds. The first-order chi connectivity index (χ1) is 11.9. The number of amides is 1. The van der Waals surface area contributed by atoms with Crippen LogP contribution in [0.5, 0.6) is 11.5 Å². The van der Waals surface area contributed by atoms with Gasteiger partial charge in [-0.15, -0.1) is 11.8 Å². The van der Waals surface area contributed by atoms with Crippen molar-refractivity contribution < 1.29 is 14.3 Å². The normalized spacial score (nSPS) is 10.4. The van der Waals surface area contributed by atoms with Crippen molar-refractivity contribution in [3.63, 3.8) is 0 Å². The van der Waals surface area contributed by atoms with Crippen molar-refractivity contribution >= 4 is 46.6 Å². The van der Waals surface area contributed by atoms with Crippen LogP contribution in [0.4, 0.5) is 5.69 Å². The molecule has 0 aliphatic rings. The van der Waals surface area contributed by atoms with Crippen molar-refractivity contribution in [1.29, 1.82) is 0 Å². The Hall–Kier alpha value is -1.56. The van der Waals surface area contributed by atoms with E-state index in [9.17, 15) is 4.79 Å². The molecule has 0 fully saturated rings. The maximum atomic E-state index is 12.1. The van der Waals surface area contributed by atoms with E-state index in [0.717, 1.165) is 11.1 Å². The van der Waals surface area contributed by atoms with Crippen LogP contribution in [0.15, 0.2) is 30.3 Å². The summed E-state index contributed by atoms with van der Waals surface area (Å²) in [6, 6.07) is 8.83. The molecule has 0 spiro atoms. The van der Waals surface area contributed by atoms with Gasteiger partial charge in [-0.05, 0) is 48.4 Å². The number of ether oxygens (including phenoxy) is 2. The quantitative estimate of drug-likeness (QED) is 0.695. The van der Waals surface area contributed by atoms with Crippen molar-refractivity contribution in [2.24, 2.45) is 0 Å². The highest BCUT2D eigenvalue weighted by Crippen LogP contribution is 2.32. The minimum atomic E-state index is -0.132. The smallest absolute Gasteiger partial charge is 0.234 e. The largest absolute Gasteiger partial charge is 0.493 e. The Balaban J connectivity index is 1.94. The molecule has 25 heavy (non-hydrogen) atoms. The average molecular weight is 400 g/mol. The fourth-order valence-electron chi connectivity index (χ4n) is 2.21. The molecule has 0 aromatic heterocycles. The first-order valence-corrected chi connectivity index (χ1v) is 9.39. The third-order valence-corrected chi connectivity index (χ3v) is 5.08. The van der Waals surface area contributed by atoms with Crippen molar-refractivity contribution in [3.8, 4) is 11.5 Å². The highest BCUT2D eigenvalue weighted by molar-refractivity contribution is 7.99. The van der Waals surface area contributed by atoms with Gasteiger partial charge in [-0.1, -0.05) is 23.2 Å². The number of hydrogen-bond donors (Lipinski definition) is 1. The molecule has 0 aliphatic heterocycles. The lowest BCUT2D eigenvalue weighted by atomic mass is 10.1. The highest BCUT2D eigenvalue weighted by atomic mass is 35.5. The number of rotatable bonds is 7. The van der Waals surface area contributed by atoms with Crippen LogP contribution in [-0.4, -0.2) is 25.9 Å². The Morgan fingerprint density at radius 2 is 1.80 bits per heavy atom. The lowest BCUT2D eigenvalue weighted by Crippen LogP contribution is -2.14. The number of carbonyl (C=O) groups excluding carboxylic acids is 1. The van der Waals surface area contributed by atoms with Crippen molar-refractivity contribution in [1.82, 2.24) is 0 Å². The molecule has 0 atom stereocenters. The summed E-state index contributed by atoms with van der Waals surface area (Å²) >= 11 is 13.5. The van der Waals surface area contributed by atoms with Crippen molar-refractivity contribution in [2.45, 2.75) is 12.7 Å². The predicted octanol–water partition coefficient (Wildman–Crippen LogP) is 5.19. The van der Waals surface area contributed by atoms with Gasteiger partial charge in [0.2, 0.25) is 5.91 Å². The first-order valence-electron chi connectivity index (χ1n) is 7.48. The summed E-state index contributed by atoms with van der Waals surface area (Å²) in [5, 5.41) is 3.75. The highest BCUT2D eigenvalue weighted by Gasteiger charge is 2.11. The van der Waals surface area contributed by atoms with Crippen LogP contribution in [0, 0.1) is 6.92 Å². The minimum Gasteiger partial charge on any atom is -0.493 e. The Bertz CT molecular complexity index is 768. The Morgan fingerprint density at radius 1 is 1.12 bits per heavy atom. The Labute approximate surface area is 161 Å². The van der Waals surface area contributed by atoms with E-state index in [1.807, 2.05) is 19.1 Å². The third-order valence-electron chi connectivity index (χ3n) is 3.54. The number of aryl methyl sites for hydroxylation is 1. The van der Waals surface area contributed by atoms with Gasteiger partial charge in [0.25, 0.3) is 0 Å². The minimum absolute atomic E-state index is 0.132. The molecular weight excluding hydrogens is 381 g/mol. The maximum absolute atomic E-state index is 12.1. The summed E-state index contributed by atoms with van der Waals surface area (Å²) in [4.78, 5) is 12.1. The first kappa shape index (κ1) is 19.8. The number of thioether (sulfide) groups is 1. The number of anilines is 1.